The van der Waals surface area contributed by atoms with E-state index in [4.69, 9.17) is 15.0 Å². The van der Waals surface area contributed by atoms with Crippen molar-refractivity contribution in [3.05, 3.63) is 0 Å². The minimum atomic E-state index is -1.45. The third-order valence-corrected chi connectivity index (χ3v) is 6.05. The Hall–Kier alpha value is -1.32. The van der Waals surface area contributed by atoms with Crippen LogP contribution in [0.5, 0.6) is 0 Å². The number of carbonyl (C=O) groups is 2. The van der Waals surface area contributed by atoms with Crippen LogP contribution in [0, 0.1) is 0 Å². The zero-order chi connectivity index (χ0) is 19.8. The molecule has 26 heavy (non-hydrogen) atoms. The Morgan fingerprint density at radius 2 is 1.73 bits per heavy atom. The van der Waals surface area contributed by atoms with E-state index in [1.807, 2.05) is 27.7 Å². The molecule has 0 radical (unpaired) electrons. The van der Waals surface area contributed by atoms with E-state index in [1.165, 1.54) is 0 Å². The van der Waals surface area contributed by atoms with Gasteiger partial charge in [0.15, 0.2) is 0 Å². The first-order valence-electron chi connectivity index (χ1n) is 9.26. The molecule has 0 saturated carbocycles. The number of aliphatic carboxylic acids is 1. The zero-order valence-corrected chi connectivity index (χ0v) is 16.2. The predicted octanol–water partition coefficient (Wildman–Crippen LogP) is 2.17. The van der Waals surface area contributed by atoms with E-state index < -0.39 is 28.8 Å². The van der Waals surface area contributed by atoms with Crippen LogP contribution in [0.4, 0.5) is 4.79 Å². The number of hydrogen-bond acceptors (Lipinski definition) is 5. The van der Waals surface area contributed by atoms with Gasteiger partial charge in [-0.15, -0.1) is 0 Å². The van der Waals surface area contributed by atoms with Gasteiger partial charge in [0, 0.05) is 12.6 Å². The Bertz CT molecular complexity index is 539. The Kier molecular flexibility index (Phi) is 5.94. The fraction of sp³-hybridized carbons (Fsp3) is 0.882. The lowest BCUT2D eigenvalue weighted by atomic mass is 9.77. The van der Waals surface area contributed by atoms with Gasteiger partial charge < -0.3 is 25.3 Å². The quantitative estimate of drug-likeness (QED) is 0.484. The maximum absolute atomic E-state index is 11.9. The van der Waals surface area contributed by atoms with Gasteiger partial charge in [-0.3, -0.25) is 4.90 Å². The molecule has 9 heteroatoms. The monoisotopic (exact) mass is 370 g/mol. The molecule has 0 aromatic heterocycles. The summed E-state index contributed by atoms with van der Waals surface area (Å²) in [5.41, 5.74) is 3.72. The molecule has 4 N–H and O–H groups in total. The number of carboxylic acid groups (broad SMARTS) is 2. The summed E-state index contributed by atoms with van der Waals surface area (Å²) in [6, 6.07) is -0.301. The van der Waals surface area contributed by atoms with Crippen molar-refractivity contribution in [1.29, 1.82) is 0 Å². The van der Waals surface area contributed by atoms with Gasteiger partial charge in [0.1, 0.15) is 5.54 Å². The van der Waals surface area contributed by atoms with Crippen molar-refractivity contribution in [1.82, 2.24) is 4.90 Å². The lowest BCUT2D eigenvalue weighted by Gasteiger charge is -2.44. The number of likely N-dealkylation sites (tertiary alicyclic amines) is 1. The number of carboxylic acids is 1. The van der Waals surface area contributed by atoms with E-state index in [0.717, 1.165) is 4.90 Å². The molecule has 8 nitrogen and oxygen atoms in total. The standard InChI is InChI=1S/C17H31BN2O6/c1-15(2)16(3,4)26-18(25-15)9-6-5-8-17(13(21)22)11-12(19)7-10-20(17)14(23)24/h12H,5-11,19H2,1-4H3,(H,21,22)(H,23,24)/t12-,17+/m0/s1. The highest BCUT2D eigenvalue weighted by atomic mass is 16.7. The van der Waals surface area contributed by atoms with E-state index in [1.54, 1.807) is 0 Å². The maximum Gasteiger partial charge on any atom is 0.457 e. The van der Waals surface area contributed by atoms with Crippen molar-refractivity contribution in [3.63, 3.8) is 0 Å². The van der Waals surface area contributed by atoms with Gasteiger partial charge >= 0.3 is 19.2 Å². The number of nitrogens with zero attached hydrogens (tertiary/aromatic N) is 1. The van der Waals surface area contributed by atoms with Gasteiger partial charge in [-0.25, -0.2) is 9.59 Å². The molecule has 2 heterocycles. The molecule has 2 atom stereocenters. The molecule has 2 aliphatic heterocycles. The summed E-state index contributed by atoms with van der Waals surface area (Å²) >= 11 is 0. The van der Waals surface area contributed by atoms with Crippen molar-refractivity contribution in [2.45, 2.75) is 88.9 Å². The van der Waals surface area contributed by atoms with E-state index in [0.29, 0.717) is 25.6 Å². The van der Waals surface area contributed by atoms with Crippen molar-refractivity contribution < 1.29 is 29.1 Å². The topological polar surface area (TPSA) is 122 Å². The van der Waals surface area contributed by atoms with Crippen molar-refractivity contribution in [2.75, 3.05) is 6.54 Å². The van der Waals surface area contributed by atoms with Gasteiger partial charge in [-0.2, -0.15) is 0 Å². The summed E-state index contributed by atoms with van der Waals surface area (Å²) in [5.74, 6) is -1.12. The molecule has 2 fully saturated rings. The number of unbranched alkanes of at least 4 members (excludes halogenated alkanes) is 1. The van der Waals surface area contributed by atoms with Crippen LogP contribution >= 0.6 is 0 Å². The highest BCUT2D eigenvalue weighted by Crippen LogP contribution is 2.39. The predicted molar refractivity (Wildman–Crippen MR) is 97.0 cm³/mol. The van der Waals surface area contributed by atoms with Gasteiger partial charge in [0.25, 0.3) is 0 Å². The largest absolute Gasteiger partial charge is 0.479 e. The fourth-order valence-electron chi connectivity index (χ4n) is 3.79. The Labute approximate surface area is 155 Å². The first-order chi connectivity index (χ1) is 11.9. The fourth-order valence-corrected chi connectivity index (χ4v) is 3.79. The molecular weight excluding hydrogens is 339 g/mol. The molecular formula is C17H31BN2O6. The molecule has 2 saturated heterocycles. The summed E-state index contributed by atoms with van der Waals surface area (Å²) < 4.78 is 11.9. The molecule has 0 spiro atoms. The minimum Gasteiger partial charge on any atom is -0.479 e. The Morgan fingerprint density at radius 1 is 1.15 bits per heavy atom. The first-order valence-corrected chi connectivity index (χ1v) is 9.26. The van der Waals surface area contributed by atoms with Crippen LogP contribution < -0.4 is 5.73 Å². The van der Waals surface area contributed by atoms with Crippen LogP contribution in [0.3, 0.4) is 0 Å². The third-order valence-electron chi connectivity index (χ3n) is 6.05. The summed E-state index contributed by atoms with van der Waals surface area (Å²) in [5, 5.41) is 19.2. The molecule has 1 amide bonds. The second-order valence-electron chi connectivity index (χ2n) is 8.46. The number of rotatable bonds is 6. The van der Waals surface area contributed by atoms with Crippen molar-refractivity contribution >= 4 is 19.2 Å². The first kappa shape index (κ1) is 21.0. The molecule has 2 aliphatic rings. The maximum atomic E-state index is 11.9. The van der Waals surface area contributed by atoms with Crippen LogP contribution in [-0.4, -0.2) is 63.6 Å². The highest BCUT2D eigenvalue weighted by Gasteiger charge is 2.52. The smallest absolute Gasteiger partial charge is 0.457 e. The molecule has 0 aliphatic carbocycles. The van der Waals surface area contributed by atoms with Crippen molar-refractivity contribution in [3.8, 4) is 0 Å². The number of piperidine rings is 1. The Balaban J connectivity index is 1.95. The molecule has 0 unspecified atom stereocenters. The van der Waals surface area contributed by atoms with Gasteiger partial charge in [-0.05, 0) is 53.3 Å². The summed E-state index contributed by atoms with van der Waals surface area (Å²) in [6.45, 7) is 8.10. The van der Waals surface area contributed by atoms with Gasteiger partial charge in [0.2, 0.25) is 0 Å². The third kappa shape index (κ3) is 3.99. The summed E-state index contributed by atoms with van der Waals surface area (Å²) in [7, 11) is -0.329. The van der Waals surface area contributed by atoms with E-state index in [2.05, 4.69) is 0 Å². The molecule has 0 bridgehead atoms. The van der Waals surface area contributed by atoms with Crippen LogP contribution in [0.25, 0.3) is 0 Å². The summed E-state index contributed by atoms with van der Waals surface area (Å²) in [6.07, 6.45) is 1.55. The molecule has 0 aromatic carbocycles. The SMILES string of the molecule is CC1(C)OB(CCCC[C@]2(C(=O)O)C[C@@H](N)CCN2C(=O)O)OC1(C)C. The van der Waals surface area contributed by atoms with Crippen LogP contribution in [-0.2, 0) is 14.1 Å². The second kappa shape index (κ2) is 7.36. The highest BCUT2D eigenvalue weighted by molar-refractivity contribution is 6.45. The zero-order valence-electron chi connectivity index (χ0n) is 16.2. The van der Waals surface area contributed by atoms with E-state index in [9.17, 15) is 19.8 Å². The van der Waals surface area contributed by atoms with Crippen LogP contribution in [0.2, 0.25) is 6.32 Å². The number of hydrogen-bond donors (Lipinski definition) is 3. The Morgan fingerprint density at radius 3 is 2.23 bits per heavy atom. The summed E-state index contributed by atoms with van der Waals surface area (Å²) in [4.78, 5) is 24.5. The molecule has 2 rings (SSSR count). The average Bonchev–Trinajstić information content (AvgIpc) is 2.70. The van der Waals surface area contributed by atoms with Crippen LogP contribution in [0.15, 0.2) is 0 Å². The normalized spacial score (nSPS) is 30.4. The van der Waals surface area contributed by atoms with E-state index >= 15 is 0 Å². The lowest BCUT2D eigenvalue weighted by Crippen LogP contribution is -2.62. The van der Waals surface area contributed by atoms with E-state index in [-0.39, 0.29) is 32.5 Å². The molecule has 0 aromatic rings. The van der Waals surface area contributed by atoms with Crippen molar-refractivity contribution in [2.24, 2.45) is 5.73 Å². The van der Waals surface area contributed by atoms with Gasteiger partial charge in [0.05, 0.1) is 11.2 Å². The minimum absolute atomic E-state index is 0.144. The average molecular weight is 370 g/mol. The van der Waals surface area contributed by atoms with Crippen LogP contribution in [0.1, 0.15) is 59.8 Å². The molecule has 148 valence electrons. The number of amides is 1. The number of nitrogens with two attached hydrogens (primary N) is 1. The second-order valence-corrected chi connectivity index (χ2v) is 8.46. The van der Waals surface area contributed by atoms with Gasteiger partial charge in [-0.1, -0.05) is 12.8 Å². The lowest BCUT2D eigenvalue weighted by molar-refractivity contribution is -0.153.